The van der Waals surface area contributed by atoms with Crippen molar-refractivity contribution in [3.05, 3.63) is 53.9 Å². The number of rotatable bonds is 6. The first-order chi connectivity index (χ1) is 11.4. The van der Waals surface area contributed by atoms with Crippen molar-refractivity contribution in [2.75, 3.05) is 5.32 Å². The zero-order valence-corrected chi connectivity index (χ0v) is 13.8. The summed E-state index contributed by atoms with van der Waals surface area (Å²) in [6.45, 7) is 0. The topological polar surface area (TPSA) is 146 Å². The van der Waals surface area contributed by atoms with Gasteiger partial charge in [-0.2, -0.15) is 0 Å². The standard InChI is InChI=1S/C15H16BN3O5.ClH/c17-13(15(21)22)7-11-4-5-12(8-18-11)19-14(20)9-2-1-3-10(6-9)16(23)24;/h1-6,8,13,23-24H,7,17H2,(H,19,20)(H,21,22);1H/t13-;/m0./s1. The van der Waals surface area contributed by atoms with Gasteiger partial charge in [-0.05, 0) is 29.7 Å². The van der Waals surface area contributed by atoms with E-state index in [9.17, 15) is 9.59 Å². The number of nitrogens with one attached hydrogen (secondary N) is 1. The molecule has 8 nitrogen and oxygen atoms in total. The van der Waals surface area contributed by atoms with Crippen molar-refractivity contribution in [1.29, 1.82) is 0 Å². The molecule has 0 bridgehead atoms. The third-order valence-electron chi connectivity index (χ3n) is 3.28. The van der Waals surface area contributed by atoms with E-state index >= 15 is 0 Å². The highest BCUT2D eigenvalue weighted by molar-refractivity contribution is 6.58. The molecule has 1 aromatic heterocycles. The van der Waals surface area contributed by atoms with Crippen molar-refractivity contribution in [3.8, 4) is 0 Å². The summed E-state index contributed by atoms with van der Waals surface area (Å²) >= 11 is 0. The molecule has 1 heterocycles. The molecule has 10 heteroatoms. The lowest BCUT2D eigenvalue weighted by molar-refractivity contribution is -0.138. The van der Waals surface area contributed by atoms with Gasteiger partial charge in [0.2, 0.25) is 0 Å². The Morgan fingerprint density at radius 1 is 1.24 bits per heavy atom. The van der Waals surface area contributed by atoms with Crippen LogP contribution in [0.2, 0.25) is 0 Å². The number of anilines is 1. The predicted molar refractivity (Wildman–Crippen MR) is 95.0 cm³/mol. The van der Waals surface area contributed by atoms with Crippen molar-refractivity contribution in [3.63, 3.8) is 0 Å². The van der Waals surface area contributed by atoms with E-state index in [1.165, 1.54) is 24.4 Å². The van der Waals surface area contributed by atoms with E-state index in [0.29, 0.717) is 11.4 Å². The summed E-state index contributed by atoms with van der Waals surface area (Å²) in [5, 5.41) is 29.6. The Labute approximate surface area is 150 Å². The fourth-order valence-electron chi connectivity index (χ4n) is 1.98. The number of pyridine rings is 1. The molecule has 0 aliphatic heterocycles. The van der Waals surface area contributed by atoms with Crippen LogP contribution in [0.3, 0.4) is 0 Å². The number of nitrogens with zero attached hydrogens (tertiary/aromatic N) is 1. The van der Waals surface area contributed by atoms with Gasteiger partial charge in [0, 0.05) is 17.7 Å². The average molecular weight is 366 g/mol. The number of hydrogen-bond donors (Lipinski definition) is 5. The van der Waals surface area contributed by atoms with Crippen LogP contribution in [0.5, 0.6) is 0 Å². The zero-order valence-electron chi connectivity index (χ0n) is 13.0. The molecular weight excluding hydrogens is 348 g/mol. The van der Waals surface area contributed by atoms with Gasteiger partial charge in [0.25, 0.3) is 5.91 Å². The number of carboxylic acids is 1. The molecular formula is C15H17BClN3O5. The summed E-state index contributed by atoms with van der Waals surface area (Å²) in [7, 11) is -1.66. The summed E-state index contributed by atoms with van der Waals surface area (Å²) in [5.41, 5.74) is 6.81. The number of carbonyl (C=O) groups excluding carboxylic acids is 1. The molecule has 0 fully saturated rings. The van der Waals surface area contributed by atoms with E-state index in [1.807, 2.05) is 0 Å². The van der Waals surface area contributed by atoms with E-state index in [-0.39, 0.29) is 29.9 Å². The van der Waals surface area contributed by atoms with Gasteiger partial charge >= 0.3 is 13.1 Å². The first-order valence-electron chi connectivity index (χ1n) is 7.07. The van der Waals surface area contributed by atoms with Gasteiger partial charge in [-0.25, -0.2) is 0 Å². The number of carbonyl (C=O) groups is 2. The lowest BCUT2D eigenvalue weighted by atomic mass is 9.79. The Bertz CT molecular complexity index is 742. The van der Waals surface area contributed by atoms with Gasteiger partial charge in [0.15, 0.2) is 0 Å². The second-order valence-corrected chi connectivity index (χ2v) is 5.14. The van der Waals surface area contributed by atoms with Crippen molar-refractivity contribution >= 4 is 42.6 Å². The van der Waals surface area contributed by atoms with Crippen LogP contribution < -0.4 is 16.5 Å². The molecule has 2 rings (SSSR count). The largest absolute Gasteiger partial charge is 0.488 e. The van der Waals surface area contributed by atoms with Crippen molar-refractivity contribution < 1.29 is 24.7 Å². The van der Waals surface area contributed by atoms with E-state index in [2.05, 4.69) is 10.3 Å². The van der Waals surface area contributed by atoms with Crippen molar-refractivity contribution in [2.45, 2.75) is 12.5 Å². The fourth-order valence-corrected chi connectivity index (χ4v) is 1.98. The molecule has 1 amide bonds. The van der Waals surface area contributed by atoms with E-state index in [0.717, 1.165) is 0 Å². The third kappa shape index (κ3) is 5.84. The molecule has 132 valence electrons. The Kier molecular flexibility index (Phi) is 7.53. The molecule has 0 unspecified atom stereocenters. The number of aliphatic carboxylic acids is 1. The Hall–Kier alpha value is -2.46. The maximum absolute atomic E-state index is 12.1. The van der Waals surface area contributed by atoms with Crippen molar-refractivity contribution in [1.82, 2.24) is 4.98 Å². The van der Waals surface area contributed by atoms with Crippen LogP contribution in [0.25, 0.3) is 0 Å². The summed E-state index contributed by atoms with van der Waals surface area (Å²) in [6.07, 6.45) is 1.48. The molecule has 0 saturated heterocycles. The zero-order chi connectivity index (χ0) is 17.7. The fraction of sp³-hybridized carbons (Fsp3) is 0.133. The van der Waals surface area contributed by atoms with E-state index in [4.69, 9.17) is 20.9 Å². The SMILES string of the molecule is Cl.N[C@@H](Cc1ccc(NC(=O)c2cccc(B(O)O)c2)cn1)C(=O)O. The molecule has 6 N–H and O–H groups in total. The lowest BCUT2D eigenvalue weighted by Gasteiger charge is -2.08. The molecule has 0 radical (unpaired) electrons. The first-order valence-corrected chi connectivity index (χ1v) is 7.07. The molecule has 1 atom stereocenters. The lowest BCUT2D eigenvalue weighted by Crippen LogP contribution is -2.32. The number of amides is 1. The monoisotopic (exact) mass is 365 g/mol. The minimum atomic E-state index is -1.66. The highest BCUT2D eigenvalue weighted by atomic mass is 35.5. The van der Waals surface area contributed by atoms with Crippen LogP contribution in [-0.2, 0) is 11.2 Å². The van der Waals surface area contributed by atoms with Gasteiger partial charge in [-0.15, -0.1) is 12.4 Å². The number of aromatic nitrogens is 1. The van der Waals surface area contributed by atoms with E-state index < -0.39 is 25.0 Å². The number of carboxylic acid groups (broad SMARTS) is 1. The van der Waals surface area contributed by atoms with Crippen LogP contribution >= 0.6 is 12.4 Å². The molecule has 0 saturated carbocycles. The van der Waals surface area contributed by atoms with Gasteiger partial charge in [-0.1, -0.05) is 12.1 Å². The second kappa shape index (κ2) is 9.14. The maximum atomic E-state index is 12.1. The second-order valence-electron chi connectivity index (χ2n) is 5.14. The minimum absolute atomic E-state index is 0. The van der Waals surface area contributed by atoms with E-state index in [1.54, 1.807) is 18.2 Å². The number of nitrogens with two attached hydrogens (primary N) is 1. The molecule has 0 aliphatic rings. The summed E-state index contributed by atoms with van der Waals surface area (Å²) < 4.78 is 0. The Morgan fingerprint density at radius 2 is 1.96 bits per heavy atom. The smallest absolute Gasteiger partial charge is 0.480 e. The first kappa shape index (κ1) is 20.6. The van der Waals surface area contributed by atoms with Crippen molar-refractivity contribution in [2.24, 2.45) is 5.73 Å². The highest BCUT2D eigenvalue weighted by Crippen LogP contribution is 2.10. The Morgan fingerprint density at radius 3 is 2.52 bits per heavy atom. The van der Waals surface area contributed by atoms with Crippen LogP contribution in [-0.4, -0.2) is 45.2 Å². The normalized spacial score (nSPS) is 11.2. The third-order valence-corrected chi connectivity index (χ3v) is 3.28. The number of hydrogen-bond acceptors (Lipinski definition) is 6. The van der Waals surface area contributed by atoms with Gasteiger partial charge in [0.05, 0.1) is 11.9 Å². The quantitative estimate of drug-likeness (QED) is 0.429. The molecule has 0 spiro atoms. The average Bonchev–Trinajstić information content (AvgIpc) is 2.56. The predicted octanol–water partition coefficient (Wildman–Crippen LogP) is -0.610. The van der Waals surface area contributed by atoms with Gasteiger partial charge in [0.1, 0.15) is 6.04 Å². The van der Waals surface area contributed by atoms with Gasteiger partial charge in [-0.3, -0.25) is 14.6 Å². The highest BCUT2D eigenvalue weighted by Gasteiger charge is 2.15. The molecule has 0 aliphatic carbocycles. The van der Waals surface area contributed by atoms with Crippen LogP contribution in [0.15, 0.2) is 42.6 Å². The van der Waals surface area contributed by atoms with Crippen LogP contribution in [0.4, 0.5) is 5.69 Å². The summed E-state index contributed by atoms with van der Waals surface area (Å²) in [6, 6.07) is 8.06. The maximum Gasteiger partial charge on any atom is 0.488 e. The molecule has 1 aromatic carbocycles. The summed E-state index contributed by atoms with van der Waals surface area (Å²) in [5.74, 6) is -1.55. The number of halogens is 1. The number of benzene rings is 1. The Balaban J connectivity index is 0.00000312. The minimum Gasteiger partial charge on any atom is -0.480 e. The van der Waals surface area contributed by atoms with Crippen LogP contribution in [0.1, 0.15) is 16.1 Å². The van der Waals surface area contributed by atoms with Gasteiger partial charge < -0.3 is 26.2 Å². The summed E-state index contributed by atoms with van der Waals surface area (Å²) in [4.78, 5) is 26.9. The van der Waals surface area contributed by atoms with Crippen LogP contribution in [0, 0.1) is 0 Å². The molecule has 2 aromatic rings. The molecule has 25 heavy (non-hydrogen) atoms.